The Bertz CT molecular complexity index is 321. The maximum absolute atomic E-state index is 10.9. The third kappa shape index (κ3) is 15.3. The Hall–Kier alpha value is -1.12. The number of rotatable bonds is 14. The highest BCUT2D eigenvalue weighted by atomic mass is 16.5. The largest absolute Gasteiger partial charge is 0.463 e. The van der Waals surface area contributed by atoms with Crippen molar-refractivity contribution in [3.63, 3.8) is 0 Å². The van der Waals surface area contributed by atoms with Gasteiger partial charge in [-0.2, -0.15) is 0 Å². The van der Waals surface area contributed by atoms with Gasteiger partial charge in [-0.05, 0) is 58.3 Å². The lowest BCUT2D eigenvalue weighted by molar-refractivity contribution is -0.146. The predicted molar refractivity (Wildman–Crippen MR) is 91.8 cm³/mol. The van der Waals surface area contributed by atoms with Crippen LogP contribution in [-0.4, -0.2) is 17.9 Å². The Morgan fingerprint density at radius 1 is 0.909 bits per heavy atom. The molecule has 0 spiro atoms. The van der Waals surface area contributed by atoms with Crippen molar-refractivity contribution in [3.05, 3.63) is 12.2 Å². The molecule has 0 bridgehead atoms. The summed E-state index contributed by atoms with van der Waals surface area (Å²) in [6.45, 7) is 5.20. The number of carbonyl (C=O) groups is 2. The fourth-order valence-corrected chi connectivity index (χ4v) is 2.44. The number of unbranched alkanes of at least 4 members (excludes halogenated alkanes) is 6. The van der Waals surface area contributed by atoms with Gasteiger partial charge in [-0.1, -0.05) is 31.9 Å². The molecule has 0 rings (SSSR count). The molecule has 0 aliphatic rings. The molecule has 1 unspecified atom stereocenters. The zero-order valence-corrected chi connectivity index (χ0v) is 14.7. The Balaban J connectivity index is 3.36. The minimum Gasteiger partial charge on any atom is -0.463 e. The molecule has 0 radical (unpaired) electrons. The van der Waals surface area contributed by atoms with E-state index in [1.165, 1.54) is 26.2 Å². The molecule has 0 aliphatic carbocycles. The van der Waals surface area contributed by atoms with Crippen molar-refractivity contribution in [1.29, 1.82) is 0 Å². The van der Waals surface area contributed by atoms with Crippen LogP contribution in [0.1, 0.15) is 91.4 Å². The van der Waals surface area contributed by atoms with Crippen molar-refractivity contribution in [2.75, 3.05) is 0 Å². The smallest absolute Gasteiger partial charge is 0.302 e. The van der Waals surface area contributed by atoms with Crippen molar-refractivity contribution < 1.29 is 14.3 Å². The summed E-state index contributed by atoms with van der Waals surface area (Å²) in [4.78, 5) is 21.7. The maximum Gasteiger partial charge on any atom is 0.302 e. The highest BCUT2D eigenvalue weighted by Crippen LogP contribution is 2.12. The lowest BCUT2D eigenvalue weighted by Crippen LogP contribution is -2.14. The van der Waals surface area contributed by atoms with Gasteiger partial charge >= 0.3 is 5.97 Å². The van der Waals surface area contributed by atoms with Gasteiger partial charge in [0, 0.05) is 13.3 Å². The fourth-order valence-electron chi connectivity index (χ4n) is 2.44. The van der Waals surface area contributed by atoms with Gasteiger partial charge in [0.15, 0.2) is 0 Å². The summed E-state index contributed by atoms with van der Waals surface area (Å²) in [6, 6.07) is 0. The minimum absolute atomic E-state index is 0.100. The Morgan fingerprint density at radius 2 is 1.50 bits per heavy atom. The summed E-state index contributed by atoms with van der Waals surface area (Å²) in [5, 5.41) is 0. The van der Waals surface area contributed by atoms with Gasteiger partial charge < -0.3 is 9.53 Å². The number of Topliss-reactive ketones (excluding diaryl/α,β-unsaturated/α-hetero) is 1. The third-order valence-corrected chi connectivity index (χ3v) is 3.75. The van der Waals surface area contributed by atoms with E-state index >= 15 is 0 Å². The molecule has 0 saturated carbocycles. The van der Waals surface area contributed by atoms with Gasteiger partial charge in [0.2, 0.25) is 0 Å². The second-order valence-corrected chi connectivity index (χ2v) is 6.05. The first-order chi connectivity index (χ1) is 10.6. The Kier molecular flexibility index (Phi) is 14.0. The van der Waals surface area contributed by atoms with Gasteiger partial charge in [-0.15, -0.1) is 0 Å². The highest BCUT2D eigenvalue weighted by molar-refractivity contribution is 5.75. The number of ether oxygens (including phenoxy) is 1. The molecule has 0 amide bonds. The van der Waals surface area contributed by atoms with Crippen LogP contribution >= 0.6 is 0 Å². The van der Waals surface area contributed by atoms with Crippen LogP contribution in [-0.2, 0) is 14.3 Å². The van der Waals surface area contributed by atoms with Crippen LogP contribution in [0.3, 0.4) is 0 Å². The van der Waals surface area contributed by atoms with Crippen molar-refractivity contribution in [2.24, 2.45) is 0 Å². The first-order valence-corrected chi connectivity index (χ1v) is 8.88. The second kappa shape index (κ2) is 14.8. The second-order valence-electron chi connectivity index (χ2n) is 6.05. The summed E-state index contributed by atoms with van der Waals surface area (Å²) in [7, 11) is 0. The molecular formula is C19H34O3. The van der Waals surface area contributed by atoms with Crippen molar-refractivity contribution in [1.82, 2.24) is 0 Å². The quantitative estimate of drug-likeness (QED) is 0.246. The molecule has 0 aromatic heterocycles. The summed E-state index contributed by atoms with van der Waals surface area (Å²) in [5.41, 5.74) is 0. The average Bonchev–Trinajstić information content (AvgIpc) is 2.46. The molecule has 0 aromatic rings. The van der Waals surface area contributed by atoms with Crippen molar-refractivity contribution >= 4 is 11.8 Å². The van der Waals surface area contributed by atoms with Crippen LogP contribution in [0.4, 0.5) is 0 Å². The van der Waals surface area contributed by atoms with E-state index in [1.807, 2.05) is 0 Å². The van der Waals surface area contributed by atoms with Crippen LogP contribution in [0.15, 0.2) is 12.2 Å². The lowest BCUT2D eigenvalue weighted by Gasteiger charge is -2.14. The van der Waals surface area contributed by atoms with Crippen LogP contribution in [0, 0.1) is 0 Å². The Morgan fingerprint density at radius 3 is 2.00 bits per heavy atom. The van der Waals surface area contributed by atoms with Crippen LogP contribution < -0.4 is 0 Å². The number of esters is 1. The third-order valence-electron chi connectivity index (χ3n) is 3.75. The Labute approximate surface area is 136 Å². The van der Waals surface area contributed by atoms with E-state index in [1.54, 1.807) is 6.92 Å². The monoisotopic (exact) mass is 310 g/mol. The molecule has 22 heavy (non-hydrogen) atoms. The molecule has 0 aliphatic heterocycles. The molecule has 3 heteroatoms. The van der Waals surface area contributed by atoms with Gasteiger partial charge in [0.25, 0.3) is 0 Å². The fraction of sp³-hybridized carbons (Fsp3) is 0.789. The number of carbonyl (C=O) groups excluding carboxylic acids is 2. The van der Waals surface area contributed by atoms with Gasteiger partial charge in [-0.3, -0.25) is 4.79 Å². The summed E-state index contributed by atoms with van der Waals surface area (Å²) >= 11 is 0. The number of hydrogen-bond acceptors (Lipinski definition) is 3. The van der Waals surface area contributed by atoms with E-state index in [0.717, 1.165) is 51.4 Å². The van der Waals surface area contributed by atoms with Crippen LogP contribution in [0.25, 0.3) is 0 Å². The van der Waals surface area contributed by atoms with Gasteiger partial charge in [0.1, 0.15) is 11.9 Å². The maximum atomic E-state index is 10.9. The van der Waals surface area contributed by atoms with Crippen molar-refractivity contribution in [3.8, 4) is 0 Å². The van der Waals surface area contributed by atoms with Crippen LogP contribution in [0.2, 0.25) is 0 Å². The zero-order chi connectivity index (χ0) is 16.6. The van der Waals surface area contributed by atoms with Crippen LogP contribution in [0.5, 0.6) is 0 Å². The molecule has 0 aromatic carbocycles. The van der Waals surface area contributed by atoms with E-state index in [2.05, 4.69) is 19.1 Å². The topological polar surface area (TPSA) is 43.4 Å². The first-order valence-electron chi connectivity index (χ1n) is 8.88. The zero-order valence-electron chi connectivity index (χ0n) is 14.7. The summed E-state index contributed by atoms with van der Waals surface area (Å²) < 4.78 is 5.23. The van der Waals surface area contributed by atoms with Gasteiger partial charge in [0.05, 0.1) is 0 Å². The molecule has 0 fully saturated rings. The van der Waals surface area contributed by atoms with Crippen molar-refractivity contribution in [2.45, 2.75) is 97.5 Å². The molecule has 1 atom stereocenters. The van der Waals surface area contributed by atoms with E-state index in [-0.39, 0.29) is 12.1 Å². The molecule has 3 nitrogen and oxygen atoms in total. The molecule has 0 saturated heterocycles. The molecule has 128 valence electrons. The van der Waals surface area contributed by atoms with Gasteiger partial charge in [-0.25, -0.2) is 0 Å². The predicted octanol–water partition coefficient (Wildman–Crippen LogP) is 5.37. The van der Waals surface area contributed by atoms with E-state index in [0.29, 0.717) is 5.78 Å². The summed E-state index contributed by atoms with van der Waals surface area (Å²) in [5.74, 6) is 0.132. The van der Waals surface area contributed by atoms with E-state index in [9.17, 15) is 9.59 Å². The number of ketones is 1. The molecule has 0 heterocycles. The minimum atomic E-state index is -0.168. The lowest BCUT2D eigenvalue weighted by atomic mass is 10.1. The number of hydrogen-bond donors (Lipinski definition) is 0. The summed E-state index contributed by atoms with van der Waals surface area (Å²) in [6.07, 6.45) is 16.4. The normalized spacial score (nSPS) is 12.5. The highest BCUT2D eigenvalue weighted by Gasteiger charge is 2.08. The standard InChI is InChI=1S/C19H34O3/c1-4-19(22-18(3)21)16-14-12-10-8-6-5-7-9-11-13-15-17(2)20/h5-6,19H,4,7-16H2,1-3H3. The van der Waals surface area contributed by atoms with E-state index in [4.69, 9.17) is 4.74 Å². The average molecular weight is 310 g/mol. The molecular weight excluding hydrogens is 276 g/mol. The van der Waals surface area contributed by atoms with E-state index < -0.39 is 0 Å². The first kappa shape index (κ1) is 20.9. The SMILES string of the molecule is CCC(CCCCCC=CCCCCCC(C)=O)OC(C)=O. The molecule has 0 N–H and O–H groups in total. The number of allylic oxidation sites excluding steroid dienone is 2.